The average molecular weight is 194 g/mol. The first-order chi connectivity index (χ1) is 6.75. The number of nitrogens with one attached hydrogen (secondary N) is 1. The molecular formula is C10H14N2O2. The summed E-state index contributed by atoms with van der Waals surface area (Å²) in [6, 6.07) is 3.46. The number of pyridine rings is 1. The van der Waals surface area contributed by atoms with Crippen molar-refractivity contribution in [3.05, 3.63) is 29.6 Å². The van der Waals surface area contributed by atoms with E-state index in [1.807, 2.05) is 0 Å². The van der Waals surface area contributed by atoms with Crippen molar-refractivity contribution < 1.29 is 9.90 Å². The van der Waals surface area contributed by atoms with Crippen molar-refractivity contribution in [1.29, 1.82) is 0 Å². The number of hydrogen-bond donors (Lipinski definition) is 2. The summed E-state index contributed by atoms with van der Waals surface area (Å²) in [5.74, 6) is -0.135. The molecule has 0 fully saturated rings. The Bertz CT molecular complexity index is 313. The highest BCUT2D eigenvalue weighted by Crippen LogP contribution is 2.02. The van der Waals surface area contributed by atoms with Gasteiger partial charge in [-0.2, -0.15) is 0 Å². The molecule has 1 heterocycles. The lowest BCUT2D eigenvalue weighted by atomic mass is 10.2. The molecule has 1 rings (SSSR count). The van der Waals surface area contributed by atoms with Crippen molar-refractivity contribution >= 4 is 5.91 Å². The van der Waals surface area contributed by atoms with Gasteiger partial charge in [0.15, 0.2) is 0 Å². The number of hydrogen-bond acceptors (Lipinski definition) is 3. The molecule has 4 heteroatoms. The second-order valence-corrected chi connectivity index (χ2v) is 2.97. The number of aryl methyl sites for hydroxylation is 1. The number of carbonyl (C=O) groups is 1. The molecule has 0 saturated carbocycles. The number of carbonyl (C=O) groups excluding carboxylic acids is 1. The molecule has 0 spiro atoms. The molecule has 0 saturated heterocycles. The van der Waals surface area contributed by atoms with Gasteiger partial charge in [-0.25, -0.2) is 0 Å². The Hall–Kier alpha value is -1.42. The van der Waals surface area contributed by atoms with Crippen LogP contribution in [0.5, 0.6) is 0 Å². The zero-order chi connectivity index (χ0) is 10.4. The number of aliphatic hydroxyl groups excluding tert-OH is 1. The van der Waals surface area contributed by atoms with Gasteiger partial charge in [-0.1, -0.05) is 0 Å². The van der Waals surface area contributed by atoms with Crippen molar-refractivity contribution in [3.8, 4) is 0 Å². The monoisotopic (exact) mass is 194 g/mol. The number of aromatic nitrogens is 1. The lowest BCUT2D eigenvalue weighted by Gasteiger charge is -2.05. The lowest BCUT2D eigenvalue weighted by molar-refractivity contribution is 0.0950. The second-order valence-electron chi connectivity index (χ2n) is 2.97. The van der Waals surface area contributed by atoms with Gasteiger partial charge in [0, 0.05) is 25.0 Å². The third-order valence-corrected chi connectivity index (χ3v) is 1.87. The molecule has 0 atom stereocenters. The first-order valence-corrected chi connectivity index (χ1v) is 4.56. The molecule has 14 heavy (non-hydrogen) atoms. The van der Waals surface area contributed by atoms with E-state index >= 15 is 0 Å². The molecule has 0 radical (unpaired) electrons. The van der Waals surface area contributed by atoms with Gasteiger partial charge in [0.2, 0.25) is 0 Å². The third-order valence-electron chi connectivity index (χ3n) is 1.87. The van der Waals surface area contributed by atoms with Gasteiger partial charge in [-0.05, 0) is 25.5 Å². The molecule has 1 amide bonds. The number of amides is 1. The molecule has 0 aromatic carbocycles. The Kier molecular flexibility index (Phi) is 4.07. The minimum absolute atomic E-state index is 0.0896. The maximum Gasteiger partial charge on any atom is 0.253 e. The molecule has 0 aliphatic carbocycles. The zero-order valence-corrected chi connectivity index (χ0v) is 8.16. The zero-order valence-electron chi connectivity index (χ0n) is 8.16. The van der Waals surface area contributed by atoms with E-state index in [9.17, 15) is 4.79 Å². The van der Waals surface area contributed by atoms with Crippen molar-refractivity contribution in [1.82, 2.24) is 10.3 Å². The average Bonchev–Trinajstić information content (AvgIpc) is 2.18. The summed E-state index contributed by atoms with van der Waals surface area (Å²) in [6.45, 7) is 2.37. The Labute approximate surface area is 83.0 Å². The Morgan fingerprint density at radius 2 is 2.43 bits per heavy atom. The summed E-state index contributed by atoms with van der Waals surface area (Å²) in [4.78, 5) is 15.5. The summed E-state index contributed by atoms with van der Waals surface area (Å²) < 4.78 is 0. The van der Waals surface area contributed by atoms with Gasteiger partial charge < -0.3 is 10.4 Å². The molecule has 0 aliphatic rings. The van der Waals surface area contributed by atoms with Crippen LogP contribution < -0.4 is 5.32 Å². The summed E-state index contributed by atoms with van der Waals surface area (Å²) >= 11 is 0. The van der Waals surface area contributed by atoms with E-state index in [2.05, 4.69) is 10.3 Å². The maximum absolute atomic E-state index is 11.5. The quantitative estimate of drug-likeness (QED) is 0.686. The fourth-order valence-electron chi connectivity index (χ4n) is 1.10. The lowest BCUT2D eigenvalue weighted by Crippen LogP contribution is -2.25. The molecule has 1 aromatic heterocycles. The SMILES string of the molecule is Cc1ncccc1C(=O)NCCCO. The van der Waals surface area contributed by atoms with Gasteiger partial charge in [-0.15, -0.1) is 0 Å². The molecule has 0 aliphatic heterocycles. The predicted octanol–water partition coefficient (Wildman–Crippen LogP) is 0.502. The van der Waals surface area contributed by atoms with Crippen LogP contribution in [0.2, 0.25) is 0 Å². The first kappa shape index (κ1) is 10.7. The second kappa shape index (κ2) is 5.34. The summed E-state index contributed by atoms with van der Waals surface area (Å²) in [5.41, 5.74) is 1.31. The highest BCUT2D eigenvalue weighted by Gasteiger charge is 2.07. The first-order valence-electron chi connectivity index (χ1n) is 4.56. The van der Waals surface area contributed by atoms with Crippen LogP contribution in [0.25, 0.3) is 0 Å². The summed E-state index contributed by atoms with van der Waals surface area (Å²) in [7, 11) is 0. The van der Waals surface area contributed by atoms with Crippen LogP contribution in [0.3, 0.4) is 0 Å². The number of nitrogens with zero attached hydrogens (tertiary/aromatic N) is 1. The smallest absolute Gasteiger partial charge is 0.253 e. The highest BCUT2D eigenvalue weighted by molar-refractivity contribution is 5.95. The Morgan fingerprint density at radius 1 is 1.64 bits per heavy atom. The molecule has 2 N–H and O–H groups in total. The van der Waals surface area contributed by atoms with E-state index in [1.54, 1.807) is 25.3 Å². The van der Waals surface area contributed by atoms with E-state index in [1.165, 1.54) is 0 Å². The van der Waals surface area contributed by atoms with E-state index < -0.39 is 0 Å². The van der Waals surface area contributed by atoms with Crippen LogP contribution in [0.15, 0.2) is 18.3 Å². The van der Waals surface area contributed by atoms with Crippen molar-refractivity contribution in [2.45, 2.75) is 13.3 Å². The normalized spacial score (nSPS) is 9.86. The van der Waals surface area contributed by atoms with Gasteiger partial charge in [0.25, 0.3) is 5.91 Å². The number of aliphatic hydroxyl groups is 1. The van der Waals surface area contributed by atoms with Crippen LogP contribution >= 0.6 is 0 Å². The minimum Gasteiger partial charge on any atom is -0.396 e. The molecule has 0 unspecified atom stereocenters. The third kappa shape index (κ3) is 2.81. The van der Waals surface area contributed by atoms with Crippen LogP contribution in [-0.4, -0.2) is 29.1 Å². The summed E-state index contributed by atoms with van der Waals surface area (Å²) in [6.07, 6.45) is 2.23. The Morgan fingerprint density at radius 3 is 3.07 bits per heavy atom. The van der Waals surface area contributed by atoms with Gasteiger partial charge in [0.1, 0.15) is 0 Å². The van der Waals surface area contributed by atoms with E-state index in [4.69, 9.17) is 5.11 Å². The summed E-state index contributed by atoms with van der Waals surface area (Å²) in [5, 5.41) is 11.2. The fourth-order valence-corrected chi connectivity index (χ4v) is 1.10. The minimum atomic E-state index is -0.135. The molecule has 1 aromatic rings. The van der Waals surface area contributed by atoms with Gasteiger partial charge in [-0.3, -0.25) is 9.78 Å². The topological polar surface area (TPSA) is 62.2 Å². The van der Waals surface area contributed by atoms with Crippen LogP contribution in [0, 0.1) is 6.92 Å². The molecule has 4 nitrogen and oxygen atoms in total. The van der Waals surface area contributed by atoms with Crippen LogP contribution in [0.1, 0.15) is 22.5 Å². The largest absolute Gasteiger partial charge is 0.396 e. The molecule has 76 valence electrons. The van der Waals surface area contributed by atoms with Crippen LogP contribution in [-0.2, 0) is 0 Å². The predicted molar refractivity (Wildman–Crippen MR) is 53.0 cm³/mol. The van der Waals surface area contributed by atoms with Crippen molar-refractivity contribution in [2.75, 3.05) is 13.2 Å². The molecule has 0 bridgehead atoms. The van der Waals surface area contributed by atoms with Gasteiger partial charge in [0.05, 0.1) is 5.56 Å². The van der Waals surface area contributed by atoms with Crippen molar-refractivity contribution in [2.24, 2.45) is 0 Å². The van der Waals surface area contributed by atoms with E-state index in [0.717, 1.165) is 0 Å². The fraction of sp³-hybridized carbons (Fsp3) is 0.400. The van der Waals surface area contributed by atoms with Gasteiger partial charge >= 0.3 is 0 Å². The van der Waals surface area contributed by atoms with Crippen molar-refractivity contribution in [3.63, 3.8) is 0 Å². The molecular weight excluding hydrogens is 180 g/mol. The Balaban J connectivity index is 2.56. The standard InChI is InChI=1S/C10H14N2O2/c1-8-9(4-2-5-11-8)10(14)12-6-3-7-13/h2,4-5,13H,3,6-7H2,1H3,(H,12,14). The van der Waals surface area contributed by atoms with Crippen LogP contribution in [0.4, 0.5) is 0 Å². The number of rotatable bonds is 4. The van der Waals surface area contributed by atoms with E-state index in [-0.39, 0.29) is 12.5 Å². The maximum atomic E-state index is 11.5. The van der Waals surface area contributed by atoms with E-state index in [0.29, 0.717) is 24.2 Å². The highest BCUT2D eigenvalue weighted by atomic mass is 16.3.